The van der Waals surface area contributed by atoms with E-state index in [2.05, 4.69) is 36.4 Å². The number of likely N-dealkylation sites (tertiary alicyclic amines) is 1. The molecule has 3 heteroatoms. The minimum absolute atomic E-state index is 0.0565. The first-order chi connectivity index (χ1) is 13.6. The molecular formula is C25H26N2O. The predicted molar refractivity (Wildman–Crippen MR) is 113 cm³/mol. The molecule has 1 saturated heterocycles. The first kappa shape index (κ1) is 18.4. The molecule has 1 aromatic heterocycles. The summed E-state index contributed by atoms with van der Waals surface area (Å²) >= 11 is 0. The van der Waals surface area contributed by atoms with E-state index in [-0.39, 0.29) is 17.9 Å². The molecule has 1 aliphatic heterocycles. The summed E-state index contributed by atoms with van der Waals surface area (Å²) in [6.07, 6.45) is 1.99. The summed E-state index contributed by atoms with van der Waals surface area (Å²) in [4.78, 5) is 20.1. The Bertz CT molecular complexity index is 953. The Morgan fingerprint density at radius 1 is 1.00 bits per heavy atom. The summed E-state index contributed by atoms with van der Waals surface area (Å²) in [6.45, 7) is 4.84. The molecule has 1 aliphatic rings. The van der Waals surface area contributed by atoms with Crippen molar-refractivity contribution in [3.8, 4) is 11.1 Å². The van der Waals surface area contributed by atoms with Crippen LogP contribution in [0.5, 0.6) is 0 Å². The van der Waals surface area contributed by atoms with E-state index in [4.69, 9.17) is 4.98 Å². The predicted octanol–water partition coefficient (Wildman–Crippen LogP) is 5.52. The lowest BCUT2D eigenvalue weighted by atomic mass is 9.98. The number of hydrogen-bond acceptors (Lipinski definition) is 2. The smallest absolute Gasteiger partial charge is 0.230 e. The lowest BCUT2D eigenvalue weighted by Gasteiger charge is -2.28. The lowest BCUT2D eigenvalue weighted by molar-refractivity contribution is -0.133. The van der Waals surface area contributed by atoms with E-state index in [0.29, 0.717) is 0 Å². The lowest BCUT2D eigenvalue weighted by Crippen LogP contribution is -2.34. The largest absolute Gasteiger partial charge is 0.334 e. The summed E-state index contributed by atoms with van der Waals surface area (Å²) in [7, 11) is 0. The number of rotatable bonds is 4. The molecule has 2 atom stereocenters. The van der Waals surface area contributed by atoms with Crippen molar-refractivity contribution < 1.29 is 4.79 Å². The second-order valence-electron chi connectivity index (χ2n) is 7.61. The number of nitrogens with zero attached hydrogens (tertiary/aromatic N) is 2. The number of aryl methyl sites for hydroxylation is 1. The van der Waals surface area contributed by atoms with Crippen LogP contribution in [-0.4, -0.2) is 22.3 Å². The van der Waals surface area contributed by atoms with Gasteiger partial charge in [-0.15, -0.1) is 0 Å². The zero-order valence-electron chi connectivity index (χ0n) is 16.5. The SMILES string of the molecule is Cc1cc(-c2ccccc2)cc(C2CCCN2C(=O)C(C)c2ccccc2)n1. The van der Waals surface area contributed by atoms with Crippen LogP contribution in [0.2, 0.25) is 0 Å². The van der Waals surface area contributed by atoms with E-state index in [1.807, 2.05) is 55.1 Å². The zero-order valence-corrected chi connectivity index (χ0v) is 16.5. The molecule has 2 aromatic carbocycles. The van der Waals surface area contributed by atoms with E-state index < -0.39 is 0 Å². The minimum Gasteiger partial charge on any atom is -0.334 e. The molecule has 0 radical (unpaired) electrons. The Labute approximate surface area is 167 Å². The van der Waals surface area contributed by atoms with Crippen LogP contribution in [0.25, 0.3) is 11.1 Å². The number of aromatic nitrogens is 1. The highest BCUT2D eigenvalue weighted by Crippen LogP contribution is 2.35. The molecule has 2 unspecified atom stereocenters. The van der Waals surface area contributed by atoms with Gasteiger partial charge in [-0.2, -0.15) is 0 Å². The molecule has 1 amide bonds. The average Bonchev–Trinajstić information content (AvgIpc) is 3.23. The van der Waals surface area contributed by atoms with Gasteiger partial charge in [0.2, 0.25) is 5.91 Å². The Morgan fingerprint density at radius 2 is 1.68 bits per heavy atom. The van der Waals surface area contributed by atoms with Crippen molar-refractivity contribution in [2.24, 2.45) is 0 Å². The number of pyridine rings is 1. The maximum Gasteiger partial charge on any atom is 0.230 e. The van der Waals surface area contributed by atoms with Crippen molar-refractivity contribution in [1.82, 2.24) is 9.88 Å². The van der Waals surface area contributed by atoms with Gasteiger partial charge in [-0.3, -0.25) is 9.78 Å². The van der Waals surface area contributed by atoms with Crippen molar-refractivity contribution in [2.45, 2.75) is 38.6 Å². The first-order valence-corrected chi connectivity index (χ1v) is 10.0. The fraction of sp³-hybridized carbons (Fsp3) is 0.280. The second-order valence-corrected chi connectivity index (χ2v) is 7.61. The van der Waals surface area contributed by atoms with Crippen LogP contribution in [0.4, 0.5) is 0 Å². The van der Waals surface area contributed by atoms with Gasteiger partial charge in [0, 0.05) is 12.2 Å². The molecule has 0 saturated carbocycles. The topological polar surface area (TPSA) is 33.2 Å². The van der Waals surface area contributed by atoms with Crippen molar-refractivity contribution >= 4 is 5.91 Å². The van der Waals surface area contributed by atoms with Crippen molar-refractivity contribution in [2.75, 3.05) is 6.54 Å². The number of hydrogen-bond donors (Lipinski definition) is 0. The van der Waals surface area contributed by atoms with E-state index >= 15 is 0 Å². The Morgan fingerprint density at radius 3 is 2.39 bits per heavy atom. The van der Waals surface area contributed by atoms with Crippen molar-refractivity contribution in [3.05, 3.63) is 89.7 Å². The van der Waals surface area contributed by atoms with Gasteiger partial charge in [-0.1, -0.05) is 60.7 Å². The number of carbonyl (C=O) groups excluding carboxylic acids is 1. The molecule has 28 heavy (non-hydrogen) atoms. The van der Waals surface area contributed by atoms with Gasteiger partial charge < -0.3 is 4.90 Å². The molecule has 4 rings (SSSR count). The van der Waals surface area contributed by atoms with Gasteiger partial charge in [0.1, 0.15) is 0 Å². The summed E-state index contributed by atoms with van der Waals surface area (Å²) in [5.41, 5.74) is 5.42. The maximum atomic E-state index is 13.3. The molecule has 0 aliphatic carbocycles. The van der Waals surface area contributed by atoms with E-state index in [0.717, 1.165) is 36.3 Å². The van der Waals surface area contributed by atoms with Crippen LogP contribution in [-0.2, 0) is 4.79 Å². The van der Waals surface area contributed by atoms with Crippen LogP contribution in [0.3, 0.4) is 0 Å². The molecule has 3 aromatic rings. The number of carbonyl (C=O) groups is 1. The van der Waals surface area contributed by atoms with Crippen LogP contribution < -0.4 is 0 Å². The maximum absolute atomic E-state index is 13.3. The quantitative estimate of drug-likeness (QED) is 0.605. The summed E-state index contributed by atoms with van der Waals surface area (Å²) in [6, 6.07) is 24.7. The van der Waals surface area contributed by atoms with Crippen LogP contribution in [0, 0.1) is 6.92 Å². The van der Waals surface area contributed by atoms with E-state index in [1.54, 1.807) is 0 Å². The second kappa shape index (κ2) is 7.97. The van der Waals surface area contributed by atoms with Crippen molar-refractivity contribution in [3.63, 3.8) is 0 Å². The van der Waals surface area contributed by atoms with Gasteiger partial charge in [0.15, 0.2) is 0 Å². The third-order valence-corrected chi connectivity index (χ3v) is 5.63. The Hall–Kier alpha value is -2.94. The highest BCUT2D eigenvalue weighted by Gasteiger charge is 2.33. The summed E-state index contributed by atoms with van der Waals surface area (Å²) in [5, 5.41) is 0. The van der Waals surface area contributed by atoms with Gasteiger partial charge in [-0.05, 0) is 55.5 Å². The van der Waals surface area contributed by atoms with Crippen LogP contribution in [0.1, 0.15) is 48.7 Å². The third kappa shape index (κ3) is 3.70. The van der Waals surface area contributed by atoms with Gasteiger partial charge in [0.05, 0.1) is 17.7 Å². The van der Waals surface area contributed by atoms with Crippen molar-refractivity contribution in [1.29, 1.82) is 0 Å². The zero-order chi connectivity index (χ0) is 19.5. The highest BCUT2D eigenvalue weighted by molar-refractivity contribution is 5.84. The third-order valence-electron chi connectivity index (χ3n) is 5.63. The Balaban J connectivity index is 1.63. The molecular weight excluding hydrogens is 344 g/mol. The molecule has 3 nitrogen and oxygen atoms in total. The normalized spacial score (nSPS) is 17.5. The fourth-order valence-corrected chi connectivity index (χ4v) is 4.13. The van der Waals surface area contributed by atoms with Gasteiger partial charge in [-0.25, -0.2) is 0 Å². The molecule has 0 N–H and O–H groups in total. The number of benzene rings is 2. The molecule has 1 fully saturated rings. The van der Waals surface area contributed by atoms with Gasteiger partial charge in [0.25, 0.3) is 0 Å². The summed E-state index contributed by atoms with van der Waals surface area (Å²) in [5.74, 6) is 0.0541. The average molecular weight is 370 g/mol. The minimum atomic E-state index is -0.139. The van der Waals surface area contributed by atoms with Crippen LogP contribution >= 0.6 is 0 Å². The number of amides is 1. The Kier molecular flexibility index (Phi) is 5.25. The fourth-order valence-electron chi connectivity index (χ4n) is 4.13. The standard InChI is InChI=1S/C25H26N2O/c1-18-16-22(21-12-7-4-8-13-21)17-23(26-18)24-14-9-15-27(24)25(28)19(2)20-10-5-3-6-11-20/h3-8,10-13,16-17,19,24H,9,14-15H2,1-2H3. The van der Waals surface area contributed by atoms with E-state index in [9.17, 15) is 4.79 Å². The molecule has 142 valence electrons. The van der Waals surface area contributed by atoms with Gasteiger partial charge >= 0.3 is 0 Å². The monoisotopic (exact) mass is 370 g/mol. The highest BCUT2D eigenvalue weighted by atomic mass is 16.2. The summed E-state index contributed by atoms with van der Waals surface area (Å²) < 4.78 is 0. The molecule has 0 bridgehead atoms. The van der Waals surface area contributed by atoms with E-state index in [1.165, 1.54) is 11.1 Å². The molecule has 0 spiro atoms. The van der Waals surface area contributed by atoms with Crippen LogP contribution in [0.15, 0.2) is 72.8 Å². The molecule has 2 heterocycles. The first-order valence-electron chi connectivity index (χ1n) is 10.0.